The second-order valence-electron chi connectivity index (χ2n) is 6.62. The van der Waals surface area contributed by atoms with Crippen molar-refractivity contribution in [3.63, 3.8) is 0 Å². The fraction of sp³-hybridized carbons (Fsp3) is 0.0435. The lowest BCUT2D eigenvalue weighted by molar-refractivity contribution is 0.101. The molecule has 0 spiro atoms. The van der Waals surface area contributed by atoms with Crippen LogP contribution in [0, 0.1) is 17.5 Å². The van der Waals surface area contributed by atoms with E-state index in [1.165, 1.54) is 35.1 Å². The second kappa shape index (κ2) is 8.74. The summed E-state index contributed by atoms with van der Waals surface area (Å²) >= 11 is 0. The molecule has 0 radical (unpaired) electrons. The van der Waals surface area contributed by atoms with Gasteiger partial charge in [0.15, 0.2) is 11.4 Å². The topological polar surface area (TPSA) is 56.2 Å². The number of hydrogen-bond acceptors (Lipinski definition) is 3. The summed E-state index contributed by atoms with van der Waals surface area (Å²) in [7, 11) is 0. The van der Waals surface area contributed by atoms with Gasteiger partial charge in [0.1, 0.15) is 24.1 Å². The van der Waals surface area contributed by atoms with Gasteiger partial charge >= 0.3 is 0 Å². The Balaban J connectivity index is 1.65. The maximum atomic E-state index is 13.9. The molecule has 31 heavy (non-hydrogen) atoms. The van der Waals surface area contributed by atoms with Crippen molar-refractivity contribution in [1.82, 2.24) is 9.78 Å². The molecule has 4 aromatic rings. The Labute approximate surface area is 175 Å². The van der Waals surface area contributed by atoms with Gasteiger partial charge in [0, 0.05) is 6.07 Å². The molecule has 0 bridgehead atoms. The van der Waals surface area contributed by atoms with Crippen molar-refractivity contribution in [2.24, 2.45) is 0 Å². The Morgan fingerprint density at radius 1 is 0.935 bits per heavy atom. The van der Waals surface area contributed by atoms with Gasteiger partial charge in [-0.05, 0) is 42.0 Å². The molecule has 1 heterocycles. The van der Waals surface area contributed by atoms with Gasteiger partial charge in [0.25, 0.3) is 5.91 Å². The molecule has 0 unspecified atom stereocenters. The highest BCUT2D eigenvalue weighted by Gasteiger charge is 2.21. The minimum absolute atomic E-state index is 0.127. The predicted octanol–water partition coefficient (Wildman–Crippen LogP) is 5.12. The maximum absolute atomic E-state index is 13.9. The number of benzene rings is 3. The lowest BCUT2D eigenvalue weighted by Crippen LogP contribution is -2.15. The quantitative estimate of drug-likeness (QED) is 0.468. The first kappa shape index (κ1) is 20.2. The van der Waals surface area contributed by atoms with Crippen LogP contribution >= 0.6 is 0 Å². The highest BCUT2D eigenvalue weighted by atomic mass is 19.1. The molecule has 0 saturated heterocycles. The van der Waals surface area contributed by atoms with Crippen LogP contribution in [0.2, 0.25) is 0 Å². The summed E-state index contributed by atoms with van der Waals surface area (Å²) in [4.78, 5) is 12.8. The number of amides is 1. The zero-order valence-electron chi connectivity index (χ0n) is 16.1. The SMILES string of the molecule is O=C(Nc1cc(F)ccc1F)c1nn(-c2ccc(F)cc2)cc1OCc1ccccc1. The largest absolute Gasteiger partial charge is 0.485 e. The van der Waals surface area contributed by atoms with Crippen molar-refractivity contribution in [3.8, 4) is 11.4 Å². The van der Waals surface area contributed by atoms with E-state index in [0.29, 0.717) is 5.69 Å². The van der Waals surface area contributed by atoms with Gasteiger partial charge in [0.05, 0.1) is 17.6 Å². The molecule has 0 aliphatic rings. The molecule has 0 saturated carbocycles. The molecule has 0 atom stereocenters. The van der Waals surface area contributed by atoms with E-state index in [1.54, 1.807) is 0 Å². The van der Waals surface area contributed by atoms with E-state index in [0.717, 1.165) is 23.8 Å². The molecule has 1 N–H and O–H groups in total. The Bertz CT molecular complexity index is 1210. The van der Waals surface area contributed by atoms with Crippen molar-refractivity contribution in [2.45, 2.75) is 6.61 Å². The van der Waals surface area contributed by atoms with Gasteiger partial charge in [0.2, 0.25) is 0 Å². The molecule has 1 aromatic heterocycles. The monoisotopic (exact) mass is 423 g/mol. The van der Waals surface area contributed by atoms with Crippen molar-refractivity contribution >= 4 is 11.6 Å². The summed E-state index contributed by atoms with van der Waals surface area (Å²) in [6, 6.07) is 17.5. The van der Waals surface area contributed by atoms with E-state index in [-0.39, 0.29) is 23.7 Å². The Morgan fingerprint density at radius 2 is 1.65 bits per heavy atom. The van der Waals surface area contributed by atoms with E-state index in [9.17, 15) is 18.0 Å². The fourth-order valence-corrected chi connectivity index (χ4v) is 2.86. The van der Waals surface area contributed by atoms with Crippen molar-refractivity contribution in [3.05, 3.63) is 108 Å². The molecule has 4 rings (SSSR count). The van der Waals surface area contributed by atoms with E-state index in [4.69, 9.17) is 4.74 Å². The highest BCUT2D eigenvalue weighted by Crippen LogP contribution is 2.24. The van der Waals surface area contributed by atoms with E-state index in [2.05, 4.69) is 10.4 Å². The smallest absolute Gasteiger partial charge is 0.280 e. The average Bonchev–Trinajstić information content (AvgIpc) is 3.20. The summed E-state index contributed by atoms with van der Waals surface area (Å²) in [6.07, 6.45) is 1.47. The number of aromatic nitrogens is 2. The summed E-state index contributed by atoms with van der Waals surface area (Å²) in [5.74, 6) is -2.57. The van der Waals surface area contributed by atoms with Crippen LogP contribution in [0.25, 0.3) is 5.69 Å². The van der Waals surface area contributed by atoms with Gasteiger partial charge in [-0.25, -0.2) is 17.9 Å². The summed E-state index contributed by atoms with van der Waals surface area (Å²) < 4.78 is 47.8. The van der Waals surface area contributed by atoms with E-state index < -0.39 is 23.4 Å². The van der Waals surface area contributed by atoms with Crippen LogP contribution < -0.4 is 10.1 Å². The first-order valence-electron chi connectivity index (χ1n) is 9.28. The molecule has 0 aliphatic heterocycles. The molecular weight excluding hydrogens is 407 g/mol. The van der Waals surface area contributed by atoms with Gasteiger partial charge in [-0.1, -0.05) is 30.3 Å². The van der Waals surface area contributed by atoms with Gasteiger partial charge in [-0.3, -0.25) is 4.79 Å². The Hall–Kier alpha value is -4.07. The molecule has 0 fully saturated rings. The standard InChI is InChI=1S/C23H16F3N3O2/c24-16-6-9-18(10-7-16)29-13-21(31-14-15-4-2-1-3-5-15)22(28-29)23(30)27-20-12-17(25)8-11-19(20)26/h1-13H,14H2,(H,27,30). The molecule has 5 nitrogen and oxygen atoms in total. The maximum Gasteiger partial charge on any atom is 0.280 e. The zero-order valence-corrected chi connectivity index (χ0v) is 16.1. The van der Waals surface area contributed by atoms with Gasteiger partial charge < -0.3 is 10.1 Å². The normalized spacial score (nSPS) is 10.7. The third kappa shape index (κ3) is 4.75. The minimum Gasteiger partial charge on any atom is -0.485 e. The zero-order chi connectivity index (χ0) is 21.8. The number of halogens is 3. The lowest BCUT2D eigenvalue weighted by atomic mass is 10.2. The molecule has 0 aliphatic carbocycles. The minimum atomic E-state index is -0.792. The van der Waals surface area contributed by atoms with Crippen LogP contribution in [-0.2, 0) is 6.61 Å². The molecular formula is C23H16F3N3O2. The van der Waals surface area contributed by atoms with Crippen LogP contribution in [0.5, 0.6) is 5.75 Å². The Morgan fingerprint density at radius 3 is 2.39 bits per heavy atom. The van der Waals surface area contributed by atoms with Gasteiger partial charge in [-0.2, -0.15) is 5.10 Å². The number of anilines is 1. The van der Waals surface area contributed by atoms with Crippen LogP contribution in [-0.4, -0.2) is 15.7 Å². The van der Waals surface area contributed by atoms with E-state index in [1.807, 2.05) is 30.3 Å². The number of carbonyl (C=O) groups excluding carboxylic acids is 1. The summed E-state index contributed by atoms with van der Waals surface area (Å²) in [5, 5.41) is 6.52. The van der Waals surface area contributed by atoms with Crippen molar-refractivity contribution in [1.29, 1.82) is 0 Å². The highest BCUT2D eigenvalue weighted by molar-refractivity contribution is 6.04. The molecule has 3 aromatic carbocycles. The second-order valence-corrected chi connectivity index (χ2v) is 6.62. The summed E-state index contributed by atoms with van der Waals surface area (Å²) in [6.45, 7) is 0.157. The van der Waals surface area contributed by atoms with E-state index >= 15 is 0 Å². The third-order valence-corrected chi connectivity index (χ3v) is 4.40. The number of rotatable bonds is 6. The molecule has 1 amide bonds. The van der Waals surface area contributed by atoms with Gasteiger partial charge in [-0.15, -0.1) is 0 Å². The Kier molecular flexibility index (Phi) is 5.70. The predicted molar refractivity (Wildman–Crippen MR) is 109 cm³/mol. The number of hydrogen-bond donors (Lipinski definition) is 1. The van der Waals surface area contributed by atoms with Crippen molar-refractivity contribution in [2.75, 3.05) is 5.32 Å². The molecule has 8 heteroatoms. The number of carbonyl (C=O) groups is 1. The van der Waals surface area contributed by atoms with Crippen LogP contribution in [0.15, 0.2) is 79.0 Å². The number of nitrogens with zero attached hydrogens (tertiary/aromatic N) is 2. The fourth-order valence-electron chi connectivity index (χ4n) is 2.86. The molecule has 156 valence electrons. The first-order chi connectivity index (χ1) is 15.0. The van der Waals surface area contributed by atoms with Crippen LogP contribution in [0.3, 0.4) is 0 Å². The first-order valence-corrected chi connectivity index (χ1v) is 9.28. The van der Waals surface area contributed by atoms with Crippen molar-refractivity contribution < 1.29 is 22.7 Å². The number of nitrogens with one attached hydrogen (secondary N) is 1. The lowest BCUT2D eigenvalue weighted by Gasteiger charge is -2.08. The number of ether oxygens (including phenoxy) is 1. The average molecular weight is 423 g/mol. The third-order valence-electron chi connectivity index (χ3n) is 4.40. The van der Waals surface area contributed by atoms with Crippen LogP contribution in [0.1, 0.15) is 16.1 Å². The van der Waals surface area contributed by atoms with Crippen LogP contribution in [0.4, 0.5) is 18.9 Å². The summed E-state index contributed by atoms with van der Waals surface area (Å²) in [5.41, 5.74) is 0.890.